The van der Waals surface area contributed by atoms with Crippen LogP contribution in [0.3, 0.4) is 0 Å². The Labute approximate surface area is 130 Å². The van der Waals surface area contributed by atoms with E-state index in [1.165, 1.54) is 0 Å². The number of hydrogen-bond acceptors (Lipinski definition) is 6. The van der Waals surface area contributed by atoms with E-state index < -0.39 is 0 Å². The van der Waals surface area contributed by atoms with Gasteiger partial charge in [0.05, 0.1) is 13.2 Å². The Morgan fingerprint density at radius 3 is 3.00 bits per heavy atom. The lowest BCUT2D eigenvalue weighted by Gasteiger charge is -2.33. The fraction of sp³-hybridized carbons (Fsp3) is 0.667. The van der Waals surface area contributed by atoms with Gasteiger partial charge in [-0.25, -0.2) is 9.97 Å². The molecular formula is C15H23N5O2. The average Bonchev–Trinajstić information content (AvgIpc) is 3.03. The van der Waals surface area contributed by atoms with Crippen molar-refractivity contribution >= 4 is 17.5 Å². The van der Waals surface area contributed by atoms with Crippen molar-refractivity contribution < 1.29 is 9.53 Å². The molecule has 1 aromatic heterocycles. The minimum absolute atomic E-state index is 0.128. The topological polar surface area (TPSA) is 61.8 Å². The van der Waals surface area contributed by atoms with Gasteiger partial charge in [0.1, 0.15) is 18.0 Å². The number of anilines is 2. The monoisotopic (exact) mass is 305 g/mol. The Kier molecular flexibility index (Phi) is 4.42. The van der Waals surface area contributed by atoms with Crippen LogP contribution in [0.4, 0.5) is 11.6 Å². The van der Waals surface area contributed by atoms with E-state index in [9.17, 15) is 4.79 Å². The van der Waals surface area contributed by atoms with Gasteiger partial charge in [-0.2, -0.15) is 0 Å². The van der Waals surface area contributed by atoms with Crippen LogP contribution < -0.4 is 9.80 Å². The molecule has 0 aromatic carbocycles. The molecule has 2 saturated heterocycles. The maximum absolute atomic E-state index is 11.8. The summed E-state index contributed by atoms with van der Waals surface area (Å²) >= 11 is 0. The largest absolute Gasteiger partial charge is 0.381 e. The fourth-order valence-electron chi connectivity index (χ4n) is 2.88. The maximum atomic E-state index is 11.8. The van der Waals surface area contributed by atoms with E-state index >= 15 is 0 Å². The van der Waals surface area contributed by atoms with E-state index in [-0.39, 0.29) is 5.91 Å². The Bertz CT molecular complexity index is 532. The van der Waals surface area contributed by atoms with E-state index in [2.05, 4.69) is 14.9 Å². The van der Waals surface area contributed by atoms with Crippen molar-refractivity contribution in [3.63, 3.8) is 0 Å². The molecule has 22 heavy (non-hydrogen) atoms. The smallest absolute Gasteiger partial charge is 0.241 e. The first kappa shape index (κ1) is 15.0. The van der Waals surface area contributed by atoms with Gasteiger partial charge in [-0.05, 0) is 6.42 Å². The molecule has 0 bridgehead atoms. The van der Waals surface area contributed by atoms with Crippen molar-refractivity contribution in [3.05, 3.63) is 12.4 Å². The number of ether oxygens (including phenoxy) is 1. The summed E-state index contributed by atoms with van der Waals surface area (Å²) < 4.78 is 5.42. The summed E-state index contributed by atoms with van der Waals surface area (Å²) in [5, 5.41) is 0. The van der Waals surface area contributed by atoms with Crippen molar-refractivity contribution in [1.82, 2.24) is 14.9 Å². The van der Waals surface area contributed by atoms with Gasteiger partial charge < -0.3 is 19.4 Å². The SMILES string of the molecule is CN1CCN(c2cc(N(C)CC3CCOC3)ncn2)CC1=O. The zero-order valence-corrected chi connectivity index (χ0v) is 13.2. The maximum Gasteiger partial charge on any atom is 0.241 e. The highest BCUT2D eigenvalue weighted by Crippen LogP contribution is 2.21. The molecule has 1 aromatic rings. The summed E-state index contributed by atoms with van der Waals surface area (Å²) in [5.41, 5.74) is 0. The molecule has 3 heterocycles. The number of hydrogen-bond donors (Lipinski definition) is 0. The van der Waals surface area contributed by atoms with Crippen LogP contribution in [-0.4, -0.2) is 74.3 Å². The van der Waals surface area contributed by atoms with Crippen LogP contribution in [0.25, 0.3) is 0 Å². The molecule has 0 radical (unpaired) electrons. The van der Waals surface area contributed by atoms with E-state index in [1.807, 2.05) is 25.1 Å². The number of likely N-dealkylation sites (N-methyl/N-ethyl adjacent to an activating group) is 1. The highest BCUT2D eigenvalue weighted by atomic mass is 16.5. The molecular weight excluding hydrogens is 282 g/mol. The van der Waals surface area contributed by atoms with Gasteiger partial charge in [-0.3, -0.25) is 4.79 Å². The van der Waals surface area contributed by atoms with E-state index in [4.69, 9.17) is 4.74 Å². The fourth-order valence-corrected chi connectivity index (χ4v) is 2.88. The third-order valence-corrected chi connectivity index (χ3v) is 4.37. The summed E-state index contributed by atoms with van der Waals surface area (Å²) in [6.07, 6.45) is 2.68. The van der Waals surface area contributed by atoms with Gasteiger partial charge in [0.15, 0.2) is 0 Å². The Morgan fingerprint density at radius 2 is 2.27 bits per heavy atom. The number of rotatable bonds is 4. The Hall–Kier alpha value is -1.89. The van der Waals surface area contributed by atoms with Crippen LogP contribution in [0.2, 0.25) is 0 Å². The number of nitrogens with zero attached hydrogens (tertiary/aromatic N) is 5. The summed E-state index contributed by atoms with van der Waals surface area (Å²) in [4.78, 5) is 26.4. The second-order valence-electron chi connectivity index (χ2n) is 6.08. The summed E-state index contributed by atoms with van der Waals surface area (Å²) in [6, 6.07) is 1.97. The first-order chi connectivity index (χ1) is 10.6. The van der Waals surface area contributed by atoms with E-state index in [1.54, 1.807) is 11.2 Å². The standard InChI is InChI=1S/C15H23N5O2/c1-18-4-5-20(9-15(18)21)14-7-13(16-11-17-14)19(2)8-12-3-6-22-10-12/h7,11-12H,3-6,8-10H2,1-2H3. The number of aromatic nitrogens is 2. The predicted octanol–water partition coefficient (Wildman–Crippen LogP) is 0.228. The third-order valence-electron chi connectivity index (χ3n) is 4.37. The molecule has 1 amide bonds. The minimum atomic E-state index is 0.128. The molecule has 0 N–H and O–H groups in total. The van der Waals surface area contributed by atoms with Crippen LogP contribution in [0, 0.1) is 5.92 Å². The van der Waals surface area contributed by atoms with E-state index in [0.717, 1.165) is 50.9 Å². The van der Waals surface area contributed by atoms with Gasteiger partial charge in [0, 0.05) is 52.3 Å². The molecule has 7 nitrogen and oxygen atoms in total. The van der Waals surface area contributed by atoms with Gasteiger partial charge in [-0.15, -0.1) is 0 Å². The number of piperazine rings is 1. The zero-order valence-electron chi connectivity index (χ0n) is 13.2. The van der Waals surface area contributed by atoms with Crippen LogP contribution >= 0.6 is 0 Å². The number of carbonyl (C=O) groups excluding carboxylic acids is 1. The third kappa shape index (κ3) is 3.30. The molecule has 3 rings (SSSR count). The van der Waals surface area contributed by atoms with Crippen LogP contribution in [-0.2, 0) is 9.53 Å². The summed E-state index contributed by atoms with van der Waals surface area (Å²) in [5.74, 6) is 2.40. The van der Waals surface area contributed by atoms with Crippen molar-refractivity contribution in [1.29, 1.82) is 0 Å². The minimum Gasteiger partial charge on any atom is -0.381 e. The quantitative estimate of drug-likeness (QED) is 0.793. The van der Waals surface area contributed by atoms with E-state index in [0.29, 0.717) is 12.5 Å². The first-order valence-electron chi connectivity index (χ1n) is 7.73. The average molecular weight is 305 g/mol. The predicted molar refractivity (Wildman–Crippen MR) is 84.1 cm³/mol. The Morgan fingerprint density at radius 1 is 1.41 bits per heavy atom. The number of amides is 1. The molecule has 1 unspecified atom stereocenters. The molecule has 2 fully saturated rings. The highest BCUT2D eigenvalue weighted by Gasteiger charge is 2.23. The van der Waals surface area contributed by atoms with Crippen molar-refractivity contribution in [2.45, 2.75) is 6.42 Å². The molecule has 1 atom stereocenters. The second kappa shape index (κ2) is 6.48. The Balaban J connectivity index is 1.67. The lowest BCUT2D eigenvalue weighted by Crippen LogP contribution is -2.48. The van der Waals surface area contributed by atoms with Gasteiger partial charge in [-0.1, -0.05) is 0 Å². The summed E-state index contributed by atoms with van der Waals surface area (Å²) in [6.45, 7) is 4.53. The van der Waals surface area contributed by atoms with Gasteiger partial charge >= 0.3 is 0 Å². The normalized spacial score (nSPS) is 22.3. The second-order valence-corrected chi connectivity index (χ2v) is 6.08. The van der Waals surface area contributed by atoms with Gasteiger partial charge in [0.25, 0.3) is 0 Å². The molecule has 120 valence electrons. The van der Waals surface area contributed by atoms with Crippen LogP contribution in [0.1, 0.15) is 6.42 Å². The van der Waals surface area contributed by atoms with Crippen molar-refractivity contribution in [2.24, 2.45) is 5.92 Å². The van der Waals surface area contributed by atoms with Gasteiger partial charge in [0.2, 0.25) is 5.91 Å². The van der Waals surface area contributed by atoms with Crippen LogP contribution in [0.15, 0.2) is 12.4 Å². The van der Waals surface area contributed by atoms with Crippen molar-refractivity contribution in [2.75, 3.05) is 63.3 Å². The van der Waals surface area contributed by atoms with Crippen LogP contribution in [0.5, 0.6) is 0 Å². The first-order valence-corrected chi connectivity index (χ1v) is 7.73. The molecule has 7 heteroatoms. The lowest BCUT2D eigenvalue weighted by atomic mass is 10.1. The van der Waals surface area contributed by atoms with Crippen molar-refractivity contribution in [3.8, 4) is 0 Å². The highest BCUT2D eigenvalue weighted by molar-refractivity contribution is 5.82. The molecule has 2 aliphatic rings. The summed E-state index contributed by atoms with van der Waals surface area (Å²) in [7, 11) is 3.88. The number of carbonyl (C=O) groups is 1. The molecule has 0 spiro atoms. The molecule has 0 saturated carbocycles. The molecule has 0 aliphatic carbocycles. The zero-order chi connectivity index (χ0) is 15.5. The lowest BCUT2D eigenvalue weighted by molar-refractivity contribution is -0.129. The molecule has 2 aliphatic heterocycles.